The second-order valence-corrected chi connectivity index (χ2v) is 7.93. The lowest BCUT2D eigenvalue weighted by Gasteiger charge is -2.11. The Balaban J connectivity index is 1.57. The number of ether oxygens (including phenoxy) is 1. The Labute approximate surface area is 172 Å². The van der Waals surface area contributed by atoms with Crippen molar-refractivity contribution in [2.24, 2.45) is 0 Å². The van der Waals surface area contributed by atoms with Crippen LogP contribution in [0.3, 0.4) is 0 Å². The number of amides is 1. The van der Waals surface area contributed by atoms with E-state index in [9.17, 15) is 4.79 Å². The predicted molar refractivity (Wildman–Crippen MR) is 111 cm³/mol. The molecule has 0 fully saturated rings. The maximum Gasteiger partial charge on any atom is 0.230 e. The van der Waals surface area contributed by atoms with E-state index in [1.165, 1.54) is 11.3 Å². The fraction of sp³-hybridized carbons (Fsp3) is 0.200. The Morgan fingerprint density at radius 3 is 2.63 bits per heavy atom. The monoisotopic (exact) mass is 420 g/mol. The number of hydrogen-bond donors (Lipinski definition) is 1. The molecule has 0 aliphatic carbocycles. The van der Waals surface area contributed by atoms with Crippen molar-refractivity contribution >= 4 is 46.1 Å². The highest BCUT2D eigenvalue weighted by molar-refractivity contribution is 7.09. The van der Waals surface area contributed by atoms with Crippen molar-refractivity contribution in [3.8, 4) is 5.75 Å². The van der Waals surface area contributed by atoms with Gasteiger partial charge in [0.2, 0.25) is 5.91 Å². The van der Waals surface area contributed by atoms with Crippen LogP contribution in [-0.4, -0.2) is 10.9 Å². The van der Waals surface area contributed by atoms with E-state index < -0.39 is 0 Å². The van der Waals surface area contributed by atoms with E-state index in [1.54, 1.807) is 24.3 Å². The van der Waals surface area contributed by atoms with Gasteiger partial charge in [0, 0.05) is 10.4 Å². The first-order chi connectivity index (χ1) is 12.9. The number of aromatic nitrogens is 1. The molecule has 4 nitrogen and oxygen atoms in total. The molecule has 0 atom stereocenters. The predicted octanol–water partition coefficient (Wildman–Crippen LogP) is 5.83. The van der Waals surface area contributed by atoms with Crippen LogP contribution in [0.15, 0.2) is 41.8 Å². The summed E-state index contributed by atoms with van der Waals surface area (Å²) >= 11 is 13.6. The van der Waals surface area contributed by atoms with E-state index in [2.05, 4.69) is 10.3 Å². The van der Waals surface area contributed by atoms with Crippen molar-refractivity contribution in [1.82, 2.24) is 4.98 Å². The Morgan fingerprint density at radius 1 is 1.19 bits per heavy atom. The van der Waals surface area contributed by atoms with Gasteiger partial charge >= 0.3 is 0 Å². The number of thiazole rings is 1. The van der Waals surface area contributed by atoms with Crippen LogP contribution in [0.4, 0.5) is 5.69 Å². The summed E-state index contributed by atoms with van der Waals surface area (Å²) in [5, 5.41) is 6.74. The number of nitrogens with one attached hydrogen (secondary N) is 1. The largest absolute Gasteiger partial charge is 0.486 e. The van der Waals surface area contributed by atoms with Gasteiger partial charge in [0.1, 0.15) is 17.4 Å². The lowest BCUT2D eigenvalue weighted by molar-refractivity contribution is -0.115. The van der Waals surface area contributed by atoms with E-state index in [1.807, 2.05) is 31.4 Å². The summed E-state index contributed by atoms with van der Waals surface area (Å²) in [4.78, 5) is 16.8. The fourth-order valence-electron chi connectivity index (χ4n) is 2.59. The van der Waals surface area contributed by atoms with Crippen molar-refractivity contribution in [3.63, 3.8) is 0 Å². The van der Waals surface area contributed by atoms with Gasteiger partial charge in [0.05, 0.1) is 22.8 Å². The molecule has 0 radical (unpaired) electrons. The van der Waals surface area contributed by atoms with Gasteiger partial charge in [0.15, 0.2) is 0 Å². The number of aryl methyl sites for hydroxylation is 2. The van der Waals surface area contributed by atoms with Gasteiger partial charge in [-0.25, -0.2) is 4.98 Å². The summed E-state index contributed by atoms with van der Waals surface area (Å²) in [5.74, 6) is 0.567. The van der Waals surface area contributed by atoms with Gasteiger partial charge < -0.3 is 10.1 Å². The lowest BCUT2D eigenvalue weighted by atomic mass is 10.1. The van der Waals surface area contributed by atoms with Gasteiger partial charge in [-0.15, -0.1) is 11.3 Å². The Kier molecular flexibility index (Phi) is 6.37. The van der Waals surface area contributed by atoms with Gasteiger partial charge in [-0.2, -0.15) is 0 Å². The number of carbonyl (C=O) groups is 1. The van der Waals surface area contributed by atoms with Crippen LogP contribution in [0.5, 0.6) is 5.75 Å². The summed E-state index contributed by atoms with van der Waals surface area (Å²) in [7, 11) is 0. The zero-order chi connectivity index (χ0) is 19.4. The summed E-state index contributed by atoms with van der Waals surface area (Å²) in [6.07, 6.45) is 0.182. The lowest BCUT2D eigenvalue weighted by Crippen LogP contribution is -2.16. The standard InChI is InChI=1S/C20H18Cl2N2O2S/c1-12-7-13(2)20(17(22)8-12)24-18(25)9-15-11-27-19(23-15)10-26-16-5-3-14(21)4-6-16/h3-8,11H,9-10H2,1-2H3,(H,24,25). The van der Waals surface area contributed by atoms with Crippen molar-refractivity contribution < 1.29 is 9.53 Å². The molecule has 2 aromatic carbocycles. The quantitative estimate of drug-likeness (QED) is 0.545. The maximum atomic E-state index is 12.3. The molecule has 7 heteroatoms. The van der Waals surface area contributed by atoms with Crippen LogP contribution in [0.25, 0.3) is 0 Å². The molecule has 140 valence electrons. The number of carbonyl (C=O) groups excluding carboxylic acids is 1. The van der Waals surface area contributed by atoms with Crippen molar-refractivity contribution in [2.75, 3.05) is 5.32 Å². The highest BCUT2D eigenvalue weighted by Gasteiger charge is 2.12. The molecule has 1 aromatic heterocycles. The smallest absolute Gasteiger partial charge is 0.230 e. The van der Waals surface area contributed by atoms with E-state index in [0.29, 0.717) is 28.0 Å². The summed E-state index contributed by atoms with van der Waals surface area (Å²) in [5.41, 5.74) is 3.34. The van der Waals surface area contributed by atoms with Crippen LogP contribution in [0, 0.1) is 13.8 Å². The van der Waals surface area contributed by atoms with Crippen molar-refractivity contribution in [1.29, 1.82) is 0 Å². The van der Waals surface area contributed by atoms with Crippen LogP contribution >= 0.6 is 34.5 Å². The number of halogens is 2. The molecule has 0 saturated carbocycles. The molecule has 3 aromatic rings. The van der Waals surface area contributed by atoms with Crippen LogP contribution in [0.1, 0.15) is 21.8 Å². The number of hydrogen-bond acceptors (Lipinski definition) is 4. The zero-order valence-corrected chi connectivity index (χ0v) is 17.2. The molecule has 1 N–H and O–H groups in total. The molecule has 0 aliphatic rings. The summed E-state index contributed by atoms with van der Waals surface area (Å²) in [6, 6.07) is 11.0. The summed E-state index contributed by atoms with van der Waals surface area (Å²) < 4.78 is 5.67. The minimum absolute atomic E-state index is 0.153. The number of benzene rings is 2. The molecule has 1 amide bonds. The number of nitrogens with zero attached hydrogens (tertiary/aromatic N) is 1. The molecule has 0 unspecified atom stereocenters. The van der Waals surface area contributed by atoms with Gasteiger partial charge in [0.25, 0.3) is 0 Å². The zero-order valence-electron chi connectivity index (χ0n) is 14.9. The Hall–Kier alpha value is -2.08. The third kappa shape index (κ3) is 5.45. The molecule has 1 heterocycles. The first kappa shape index (κ1) is 19.7. The van der Waals surface area contributed by atoms with Gasteiger partial charge in [-0.05, 0) is 55.3 Å². The Morgan fingerprint density at radius 2 is 1.93 bits per heavy atom. The molecule has 0 bridgehead atoms. The Bertz CT molecular complexity index is 932. The van der Waals surface area contributed by atoms with Crippen LogP contribution in [-0.2, 0) is 17.8 Å². The number of anilines is 1. The molecule has 0 saturated heterocycles. The highest BCUT2D eigenvalue weighted by Crippen LogP contribution is 2.27. The minimum atomic E-state index is -0.153. The van der Waals surface area contributed by atoms with Gasteiger partial charge in [-0.1, -0.05) is 29.3 Å². The van der Waals surface area contributed by atoms with Crippen LogP contribution in [0.2, 0.25) is 10.0 Å². The summed E-state index contributed by atoms with van der Waals surface area (Å²) in [6.45, 7) is 4.23. The molecule has 3 rings (SSSR count). The van der Waals surface area contributed by atoms with E-state index in [-0.39, 0.29) is 12.3 Å². The maximum absolute atomic E-state index is 12.3. The highest BCUT2D eigenvalue weighted by atomic mass is 35.5. The topological polar surface area (TPSA) is 51.2 Å². The SMILES string of the molecule is Cc1cc(C)c(NC(=O)Cc2csc(COc3ccc(Cl)cc3)n2)c(Cl)c1. The molecule has 27 heavy (non-hydrogen) atoms. The normalized spacial score (nSPS) is 10.7. The third-order valence-corrected chi connectivity index (χ3v) is 5.23. The van der Waals surface area contributed by atoms with E-state index in [0.717, 1.165) is 21.9 Å². The number of rotatable bonds is 6. The average Bonchev–Trinajstić information content (AvgIpc) is 3.05. The van der Waals surface area contributed by atoms with E-state index >= 15 is 0 Å². The average molecular weight is 421 g/mol. The fourth-order valence-corrected chi connectivity index (χ4v) is 3.79. The second kappa shape index (κ2) is 8.74. The van der Waals surface area contributed by atoms with Crippen molar-refractivity contribution in [2.45, 2.75) is 26.9 Å². The first-order valence-corrected chi connectivity index (χ1v) is 9.92. The second-order valence-electron chi connectivity index (χ2n) is 6.14. The minimum Gasteiger partial charge on any atom is -0.486 e. The van der Waals surface area contributed by atoms with Crippen LogP contribution < -0.4 is 10.1 Å². The molecule has 0 aliphatic heterocycles. The molecular weight excluding hydrogens is 403 g/mol. The molecule has 0 spiro atoms. The first-order valence-electron chi connectivity index (χ1n) is 8.29. The van der Waals surface area contributed by atoms with E-state index in [4.69, 9.17) is 27.9 Å². The van der Waals surface area contributed by atoms with Gasteiger partial charge in [-0.3, -0.25) is 4.79 Å². The molecular formula is C20H18Cl2N2O2S. The van der Waals surface area contributed by atoms with Crippen molar-refractivity contribution in [3.05, 3.63) is 73.7 Å². The third-order valence-electron chi connectivity index (χ3n) is 3.81.